The Hall–Kier alpha value is -0.930. The molecular weight excluding hydrogens is 306 g/mol. The molecule has 3 rings (SSSR count). The lowest BCUT2D eigenvalue weighted by Gasteiger charge is -2.32. The molecule has 0 aromatic carbocycles. The van der Waals surface area contributed by atoms with E-state index in [4.69, 9.17) is 14.3 Å². The molecule has 1 atom stereocenters. The van der Waals surface area contributed by atoms with Gasteiger partial charge in [-0.1, -0.05) is 0 Å². The third-order valence-corrected chi connectivity index (χ3v) is 5.33. The fraction of sp³-hybridized carbons (Fsp3) is 0.714. The summed E-state index contributed by atoms with van der Waals surface area (Å²) < 4.78 is 35.5. The molecule has 2 fully saturated rings. The Bertz CT molecular complexity index is 587. The number of hydrogen-bond donors (Lipinski definition) is 1. The van der Waals surface area contributed by atoms with E-state index < -0.39 is 10.2 Å². The molecule has 8 heteroatoms. The molecule has 2 aliphatic rings. The van der Waals surface area contributed by atoms with Crippen LogP contribution in [0.1, 0.15) is 36.9 Å². The van der Waals surface area contributed by atoms with E-state index in [1.807, 2.05) is 12.1 Å². The molecule has 7 nitrogen and oxygen atoms in total. The number of furan rings is 1. The first kappa shape index (κ1) is 15.9. The smallest absolute Gasteiger partial charge is 0.276 e. The van der Waals surface area contributed by atoms with Gasteiger partial charge in [0.2, 0.25) is 0 Å². The van der Waals surface area contributed by atoms with E-state index in [0.717, 1.165) is 31.0 Å². The van der Waals surface area contributed by atoms with Crippen LogP contribution in [-0.2, 0) is 21.5 Å². The fourth-order valence-electron chi connectivity index (χ4n) is 2.98. The summed E-state index contributed by atoms with van der Waals surface area (Å²) in [6, 6.07) is 3.98. The number of ether oxygens (including phenoxy) is 1. The zero-order chi connectivity index (χ0) is 15.6. The van der Waals surface area contributed by atoms with Gasteiger partial charge in [-0.25, -0.2) is 5.14 Å². The van der Waals surface area contributed by atoms with E-state index in [2.05, 4.69) is 4.90 Å². The van der Waals surface area contributed by atoms with Crippen LogP contribution >= 0.6 is 0 Å². The second kappa shape index (κ2) is 6.67. The van der Waals surface area contributed by atoms with Gasteiger partial charge in [-0.15, -0.1) is 0 Å². The van der Waals surface area contributed by atoms with Crippen molar-refractivity contribution in [3.63, 3.8) is 0 Å². The number of rotatable bonds is 4. The van der Waals surface area contributed by atoms with Crippen molar-refractivity contribution in [3.05, 3.63) is 23.7 Å². The monoisotopic (exact) mass is 329 g/mol. The number of nitrogens with zero attached hydrogens (tertiary/aromatic N) is 2. The van der Waals surface area contributed by atoms with Crippen molar-refractivity contribution in [1.29, 1.82) is 0 Å². The molecule has 1 aromatic rings. The summed E-state index contributed by atoms with van der Waals surface area (Å²) in [5.74, 6) is 1.80. The number of nitrogens with two attached hydrogens (primary N) is 1. The van der Waals surface area contributed by atoms with E-state index in [1.165, 1.54) is 10.7 Å². The topological polar surface area (TPSA) is 89.0 Å². The van der Waals surface area contributed by atoms with Crippen LogP contribution in [0.3, 0.4) is 0 Å². The Morgan fingerprint density at radius 3 is 2.59 bits per heavy atom. The Morgan fingerprint density at radius 1 is 1.18 bits per heavy atom. The second-order valence-electron chi connectivity index (χ2n) is 5.88. The van der Waals surface area contributed by atoms with Crippen LogP contribution in [0.4, 0.5) is 0 Å². The van der Waals surface area contributed by atoms with Crippen molar-refractivity contribution in [2.75, 3.05) is 32.8 Å². The summed E-state index contributed by atoms with van der Waals surface area (Å²) >= 11 is 0. The molecule has 0 saturated carbocycles. The standard InChI is InChI=1S/C14H23N3O4S/c15-22(18,19)17-8-6-16(7-9-17)11-12-4-5-14(21-12)13-3-1-2-10-20-13/h4-5,13H,1-3,6-11H2,(H2,15,18,19). The van der Waals surface area contributed by atoms with E-state index in [9.17, 15) is 8.42 Å². The molecule has 0 bridgehead atoms. The second-order valence-corrected chi connectivity index (χ2v) is 7.43. The molecule has 124 valence electrons. The van der Waals surface area contributed by atoms with E-state index in [0.29, 0.717) is 32.7 Å². The zero-order valence-electron chi connectivity index (χ0n) is 12.6. The Labute approximate surface area is 131 Å². The highest BCUT2D eigenvalue weighted by Crippen LogP contribution is 2.29. The van der Waals surface area contributed by atoms with Gasteiger partial charge in [0, 0.05) is 32.8 Å². The summed E-state index contributed by atoms with van der Waals surface area (Å²) in [5, 5.41) is 5.14. The van der Waals surface area contributed by atoms with Crippen molar-refractivity contribution in [3.8, 4) is 0 Å². The minimum atomic E-state index is -3.57. The molecule has 1 unspecified atom stereocenters. The lowest BCUT2D eigenvalue weighted by molar-refractivity contribution is 0.000743. The Kier molecular flexibility index (Phi) is 4.84. The van der Waals surface area contributed by atoms with Gasteiger partial charge in [-0.05, 0) is 31.4 Å². The predicted molar refractivity (Wildman–Crippen MR) is 81.2 cm³/mol. The predicted octanol–water partition coefficient (Wildman–Crippen LogP) is 0.842. The van der Waals surface area contributed by atoms with Crippen LogP contribution in [0.2, 0.25) is 0 Å². The van der Waals surface area contributed by atoms with Crippen molar-refractivity contribution in [2.24, 2.45) is 5.14 Å². The van der Waals surface area contributed by atoms with E-state index in [-0.39, 0.29) is 6.10 Å². The molecule has 0 spiro atoms. The highest BCUT2D eigenvalue weighted by Gasteiger charge is 2.25. The van der Waals surface area contributed by atoms with Crippen LogP contribution in [0.15, 0.2) is 16.5 Å². The minimum absolute atomic E-state index is 0.0849. The quantitative estimate of drug-likeness (QED) is 0.884. The van der Waals surface area contributed by atoms with Gasteiger partial charge in [0.1, 0.15) is 17.6 Å². The normalized spacial score (nSPS) is 25.4. The largest absolute Gasteiger partial charge is 0.462 e. The van der Waals surface area contributed by atoms with E-state index >= 15 is 0 Å². The van der Waals surface area contributed by atoms with Crippen LogP contribution in [0.25, 0.3) is 0 Å². The summed E-state index contributed by atoms with van der Waals surface area (Å²) in [6.07, 6.45) is 3.40. The molecule has 1 aromatic heterocycles. The highest BCUT2D eigenvalue weighted by molar-refractivity contribution is 7.86. The molecule has 2 saturated heterocycles. The number of hydrogen-bond acceptors (Lipinski definition) is 5. The molecule has 3 heterocycles. The maximum Gasteiger partial charge on any atom is 0.276 e. The SMILES string of the molecule is NS(=O)(=O)N1CCN(Cc2ccc(C3CCCCO3)o2)CC1. The maximum absolute atomic E-state index is 11.3. The maximum atomic E-state index is 11.3. The molecular formula is C14H23N3O4S. The molecule has 0 aliphatic carbocycles. The third kappa shape index (κ3) is 3.88. The first-order valence-electron chi connectivity index (χ1n) is 7.73. The fourth-order valence-corrected chi connectivity index (χ4v) is 3.65. The lowest BCUT2D eigenvalue weighted by Crippen LogP contribution is -2.50. The van der Waals surface area contributed by atoms with Gasteiger partial charge in [-0.3, -0.25) is 4.90 Å². The number of piperazine rings is 1. The van der Waals surface area contributed by atoms with Crippen molar-refractivity contribution >= 4 is 10.2 Å². The highest BCUT2D eigenvalue weighted by atomic mass is 32.2. The van der Waals surface area contributed by atoms with Gasteiger partial charge >= 0.3 is 0 Å². The Balaban J connectivity index is 1.53. The summed E-state index contributed by atoms with van der Waals surface area (Å²) in [6.45, 7) is 3.66. The van der Waals surface area contributed by atoms with Crippen LogP contribution in [0, 0.1) is 0 Å². The first-order chi connectivity index (χ1) is 10.5. The van der Waals surface area contributed by atoms with Gasteiger partial charge < -0.3 is 9.15 Å². The first-order valence-corrected chi connectivity index (χ1v) is 9.23. The molecule has 22 heavy (non-hydrogen) atoms. The van der Waals surface area contributed by atoms with Gasteiger partial charge in [-0.2, -0.15) is 12.7 Å². The Morgan fingerprint density at radius 2 is 1.95 bits per heavy atom. The van der Waals surface area contributed by atoms with Crippen molar-refractivity contribution in [2.45, 2.75) is 31.9 Å². The van der Waals surface area contributed by atoms with Crippen LogP contribution in [0.5, 0.6) is 0 Å². The summed E-state index contributed by atoms with van der Waals surface area (Å²) in [5.41, 5.74) is 0. The van der Waals surface area contributed by atoms with Gasteiger partial charge in [0.05, 0.1) is 6.54 Å². The van der Waals surface area contributed by atoms with Crippen molar-refractivity contribution in [1.82, 2.24) is 9.21 Å². The lowest BCUT2D eigenvalue weighted by atomic mass is 10.1. The molecule has 2 N–H and O–H groups in total. The third-order valence-electron chi connectivity index (χ3n) is 4.25. The zero-order valence-corrected chi connectivity index (χ0v) is 13.4. The summed E-state index contributed by atoms with van der Waals surface area (Å²) in [7, 11) is -3.57. The van der Waals surface area contributed by atoms with Crippen molar-refractivity contribution < 1.29 is 17.6 Å². The molecule has 2 aliphatic heterocycles. The molecule has 0 amide bonds. The average Bonchev–Trinajstić information content (AvgIpc) is 2.96. The summed E-state index contributed by atoms with van der Waals surface area (Å²) in [4.78, 5) is 2.17. The average molecular weight is 329 g/mol. The van der Waals surface area contributed by atoms with Gasteiger partial charge in [0.25, 0.3) is 10.2 Å². The minimum Gasteiger partial charge on any atom is -0.462 e. The molecule has 0 radical (unpaired) electrons. The van der Waals surface area contributed by atoms with Gasteiger partial charge in [0.15, 0.2) is 0 Å². The van der Waals surface area contributed by atoms with E-state index in [1.54, 1.807) is 0 Å². The van der Waals surface area contributed by atoms with Crippen LogP contribution in [-0.4, -0.2) is 50.4 Å². The van der Waals surface area contributed by atoms with Crippen LogP contribution < -0.4 is 5.14 Å².